The molecule has 1 atom stereocenters. The fraction of sp³-hybridized carbons (Fsp3) is 0.353. The van der Waals surface area contributed by atoms with Gasteiger partial charge in [0.05, 0.1) is 11.4 Å². The predicted octanol–water partition coefficient (Wildman–Crippen LogP) is 2.77. The molecule has 0 radical (unpaired) electrons. The second-order valence-electron chi connectivity index (χ2n) is 5.55. The number of anilines is 2. The topological polar surface area (TPSA) is 93.5 Å². The van der Waals surface area contributed by atoms with Crippen LogP contribution >= 0.6 is 0 Å². The van der Waals surface area contributed by atoms with Gasteiger partial charge >= 0.3 is 0 Å². The van der Waals surface area contributed by atoms with E-state index < -0.39 is 6.10 Å². The summed E-state index contributed by atoms with van der Waals surface area (Å²) in [6, 6.07) is 5.11. The van der Waals surface area contributed by atoms with Crippen molar-refractivity contribution in [3.63, 3.8) is 0 Å². The van der Waals surface area contributed by atoms with Crippen molar-refractivity contribution in [2.75, 3.05) is 10.6 Å². The van der Waals surface area contributed by atoms with E-state index in [0.29, 0.717) is 47.0 Å². The van der Waals surface area contributed by atoms with E-state index in [-0.39, 0.29) is 11.8 Å². The number of fused-ring (bicyclic) bond motifs is 1. The molecule has 1 aliphatic heterocycles. The number of amides is 2. The zero-order chi connectivity index (χ0) is 17.3. The van der Waals surface area contributed by atoms with Crippen LogP contribution in [0.3, 0.4) is 0 Å². The third-order valence-electron chi connectivity index (χ3n) is 3.88. The number of ether oxygens (including phenoxy) is 1. The predicted molar refractivity (Wildman–Crippen MR) is 88.4 cm³/mol. The van der Waals surface area contributed by atoms with Crippen LogP contribution in [0.4, 0.5) is 11.4 Å². The van der Waals surface area contributed by atoms with Gasteiger partial charge in [-0.25, -0.2) is 0 Å². The largest absolute Gasteiger partial charge is 0.479 e. The lowest BCUT2D eigenvalue weighted by Gasteiger charge is -2.23. The van der Waals surface area contributed by atoms with Crippen LogP contribution in [-0.4, -0.2) is 23.1 Å². The fourth-order valence-electron chi connectivity index (χ4n) is 2.58. The standard InChI is InChI=1S/C17H19N3O4/c1-4-11-15(13(5-2)24-20-11)17(22)18-10-6-7-14-12(8-10)19-16(21)9(3)23-14/h6-9H,4-5H2,1-3H3,(H,18,22)(H,19,21)/t9-/m1/s1. The van der Waals surface area contributed by atoms with Crippen molar-refractivity contribution in [1.29, 1.82) is 0 Å². The first kappa shape index (κ1) is 16.0. The van der Waals surface area contributed by atoms with Crippen molar-refractivity contribution < 1.29 is 18.8 Å². The Hall–Kier alpha value is -2.83. The normalized spacial score (nSPS) is 16.1. The molecule has 2 amide bonds. The van der Waals surface area contributed by atoms with Crippen molar-refractivity contribution in [3.8, 4) is 5.75 Å². The summed E-state index contributed by atoms with van der Waals surface area (Å²) in [5.41, 5.74) is 2.20. The molecule has 2 N–H and O–H groups in total. The van der Waals surface area contributed by atoms with Crippen LogP contribution in [-0.2, 0) is 17.6 Å². The Labute approximate surface area is 139 Å². The Kier molecular flexibility index (Phi) is 4.24. The molecule has 0 spiro atoms. The number of aromatic nitrogens is 1. The summed E-state index contributed by atoms with van der Waals surface area (Å²) in [5.74, 6) is 0.647. The SMILES string of the molecule is CCc1noc(CC)c1C(=O)Nc1ccc2c(c1)NC(=O)[C@@H](C)O2. The van der Waals surface area contributed by atoms with Crippen LogP contribution in [0.5, 0.6) is 5.75 Å². The van der Waals surface area contributed by atoms with E-state index in [9.17, 15) is 9.59 Å². The lowest BCUT2D eigenvalue weighted by molar-refractivity contribution is -0.122. The molecule has 7 nitrogen and oxygen atoms in total. The van der Waals surface area contributed by atoms with E-state index in [1.54, 1.807) is 25.1 Å². The Morgan fingerprint density at radius 1 is 1.33 bits per heavy atom. The van der Waals surface area contributed by atoms with Crippen molar-refractivity contribution in [1.82, 2.24) is 5.16 Å². The van der Waals surface area contributed by atoms with Gasteiger partial charge in [-0.1, -0.05) is 19.0 Å². The number of carbonyl (C=O) groups is 2. The Morgan fingerprint density at radius 3 is 2.83 bits per heavy atom. The third-order valence-corrected chi connectivity index (χ3v) is 3.88. The number of rotatable bonds is 4. The molecule has 0 aliphatic carbocycles. The maximum absolute atomic E-state index is 12.6. The Bertz CT molecular complexity index is 776. The zero-order valence-electron chi connectivity index (χ0n) is 13.8. The fourth-order valence-corrected chi connectivity index (χ4v) is 2.58. The van der Waals surface area contributed by atoms with Gasteiger partial charge in [0.15, 0.2) is 6.10 Å². The molecule has 0 fully saturated rings. The first-order valence-electron chi connectivity index (χ1n) is 7.93. The summed E-state index contributed by atoms with van der Waals surface area (Å²) in [6.07, 6.45) is 0.661. The summed E-state index contributed by atoms with van der Waals surface area (Å²) in [7, 11) is 0. The number of aryl methyl sites for hydroxylation is 2. The number of carbonyl (C=O) groups excluding carboxylic acids is 2. The maximum Gasteiger partial charge on any atom is 0.265 e. The smallest absolute Gasteiger partial charge is 0.265 e. The molecule has 0 saturated carbocycles. The van der Waals surface area contributed by atoms with Crippen LogP contribution in [0, 0.1) is 0 Å². The highest BCUT2D eigenvalue weighted by atomic mass is 16.5. The highest BCUT2D eigenvalue weighted by Crippen LogP contribution is 2.32. The minimum Gasteiger partial charge on any atom is -0.479 e. The molecule has 1 aromatic heterocycles. The van der Waals surface area contributed by atoms with Gasteiger partial charge < -0.3 is 19.9 Å². The van der Waals surface area contributed by atoms with Crippen LogP contribution in [0.1, 0.15) is 42.6 Å². The van der Waals surface area contributed by atoms with Crippen molar-refractivity contribution in [2.45, 2.75) is 39.7 Å². The highest BCUT2D eigenvalue weighted by molar-refractivity contribution is 6.06. The average molecular weight is 329 g/mol. The Balaban J connectivity index is 1.84. The number of nitrogens with zero attached hydrogens (tertiary/aromatic N) is 1. The van der Waals surface area contributed by atoms with Crippen molar-refractivity contribution in [3.05, 3.63) is 35.2 Å². The number of hydrogen-bond acceptors (Lipinski definition) is 5. The lowest BCUT2D eigenvalue weighted by Crippen LogP contribution is -2.34. The monoisotopic (exact) mass is 329 g/mol. The summed E-state index contributed by atoms with van der Waals surface area (Å²) < 4.78 is 10.7. The lowest BCUT2D eigenvalue weighted by atomic mass is 10.1. The van der Waals surface area contributed by atoms with Gasteiger partial charge in [0.1, 0.15) is 17.1 Å². The second kappa shape index (κ2) is 6.35. The summed E-state index contributed by atoms with van der Waals surface area (Å²) in [5, 5.41) is 9.53. The maximum atomic E-state index is 12.6. The second-order valence-corrected chi connectivity index (χ2v) is 5.55. The minimum absolute atomic E-state index is 0.216. The molecular formula is C17H19N3O4. The van der Waals surface area contributed by atoms with Crippen LogP contribution < -0.4 is 15.4 Å². The van der Waals surface area contributed by atoms with E-state index in [4.69, 9.17) is 9.26 Å². The highest BCUT2D eigenvalue weighted by Gasteiger charge is 2.25. The van der Waals surface area contributed by atoms with Gasteiger partial charge in [-0.2, -0.15) is 0 Å². The molecule has 3 rings (SSSR count). The molecule has 1 aliphatic rings. The van der Waals surface area contributed by atoms with E-state index in [1.807, 2.05) is 13.8 Å². The number of nitrogens with one attached hydrogen (secondary N) is 2. The molecule has 1 aromatic carbocycles. The zero-order valence-corrected chi connectivity index (χ0v) is 13.8. The molecule has 7 heteroatoms. The summed E-state index contributed by atoms with van der Waals surface area (Å²) in [6.45, 7) is 5.50. The van der Waals surface area contributed by atoms with Crippen LogP contribution in [0.25, 0.3) is 0 Å². The molecular weight excluding hydrogens is 310 g/mol. The summed E-state index contributed by atoms with van der Waals surface area (Å²) in [4.78, 5) is 24.3. The van der Waals surface area contributed by atoms with Gasteiger partial charge in [-0.3, -0.25) is 9.59 Å². The van der Waals surface area contributed by atoms with Crippen molar-refractivity contribution >= 4 is 23.2 Å². The van der Waals surface area contributed by atoms with E-state index in [1.165, 1.54) is 0 Å². The summed E-state index contributed by atoms with van der Waals surface area (Å²) >= 11 is 0. The van der Waals surface area contributed by atoms with Gasteiger partial charge in [-0.05, 0) is 31.5 Å². The first-order chi connectivity index (χ1) is 11.5. The van der Waals surface area contributed by atoms with Gasteiger partial charge in [-0.15, -0.1) is 0 Å². The molecule has 0 saturated heterocycles. The number of hydrogen-bond donors (Lipinski definition) is 2. The average Bonchev–Trinajstić information content (AvgIpc) is 2.99. The molecule has 0 unspecified atom stereocenters. The molecule has 2 aromatic rings. The minimum atomic E-state index is -0.533. The van der Waals surface area contributed by atoms with Crippen LogP contribution in [0.15, 0.2) is 22.7 Å². The molecule has 2 heterocycles. The van der Waals surface area contributed by atoms with Gasteiger partial charge in [0.25, 0.3) is 11.8 Å². The first-order valence-corrected chi connectivity index (χ1v) is 7.93. The third kappa shape index (κ3) is 2.84. The van der Waals surface area contributed by atoms with Crippen LogP contribution in [0.2, 0.25) is 0 Å². The molecule has 24 heavy (non-hydrogen) atoms. The molecule has 126 valence electrons. The van der Waals surface area contributed by atoms with Gasteiger partial charge in [0, 0.05) is 12.1 Å². The van der Waals surface area contributed by atoms with E-state index in [0.717, 1.165) is 0 Å². The molecule has 0 bridgehead atoms. The quantitative estimate of drug-likeness (QED) is 0.899. The van der Waals surface area contributed by atoms with Gasteiger partial charge in [0.2, 0.25) is 0 Å². The number of benzene rings is 1. The Morgan fingerprint density at radius 2 is 2.12 bits per heavy atom. The van der Waals surface area contributed by atoms with E-state index in [2.05, 4.69) is 15.8 Å². The van der Waals surface area contributed by atoms with Crippen molar-refractivity contribution in [2.24, 2.45) is 0 Å². The van der Waals surface area contributed by atoms with E-state index >= 15 is 0 Å².